The van der Waals surface area contributed by atoms with Gasteiger partial charge in [-0.05, 0) is 37.5 Å². The van der Waals surface area contributed by atoms with Crippen LogP contribution in [0.25, 0.3) is 0 Å². The Morgan fingerprint density at radius 3 is 2.36 bits per heavy atom. The number of methoxy groups -OCH3 is 2. The lowest BCUT2D eigenvalue weighted by molar-refractivity contribution is 0.393. The second-order valence-corrected chi connectivity index (χ2v) is 8.09. The van der Waals surface area contributed by atoms with Crippen molar-refractivity contribution in [3.05, 3.63) is 42.1 Å². The number of anilines is 2. The number of pyridine rings is 1. The highest BCUT2D eigenvalue weighted by molar-refractivity contribution is 14.0. The van der Waals surface area contributed by atoms with E-state index in [2.05, 4.69) is 45.6 Å². The molecule has 1 aliphatic rings. The highest BCUT2D eigenvalue weighted by Gasteiger charge is 2.21. The number of hydrogen-bond donors (Lipinski definition) is 2. The predicted octanol–water partition coefficient (Wildman–Crippen LogP) is 3.51. The number of ether oxygens (including phenoxy) is 2. The third kappa shape index (κ3) is 7.83. The van der Waals surface area contributed by atoms with Crippen LogP contribution in [0.15, 0.2) is 41.5 Å². The number of aromatic nitrogens is 1. The Hall–Kier alpha value is -2.43. The van der Waals surface area contributed by atoms with Gasteiger partial charge in [-0.15, -0.1) is 24.0 Å². The Balaban J connectivity index is 0.00000385. The summed E-state index contributed by atoms with van der Waals surface area (Å²) in [6, 6.07) is 10.5. The molecule has 0 saturated carbocycles. The predicted molar refractivity (Wildman–Crippen MR) is 147 cm³/mol. The van der Waals surface area contributed by atoms with Crippen LogP contribution >= 0.6 is 24.0 Å². The average Bonchev–Trinajstić information content (AvgIpc) is 2.83. The molecule has 0 radical (unpaired) electrons. The van der Waals surface area contributed by atoms with Gasteiger partial charge in [0, 0.05) is 69.9 Å². The molecule has 0 atom stereocenters. The number of piperidine rings is 1. The normalized spacial score (nSPS) is 14.3. The number of guanidine groups is 1. The third-order valence-corrected chi connectivity index (χ3v) is 5.57. The zero-order chi connectivity index (χ0) is 22.9. The minimum Gasteiger partial charge on any atom is -0.497 e. The number of rotatable bonds is 8. The van der Waals surface area contributed by atoms with E-state index in [4.69, 9.17) is 14.5 Å². The molecule has 0 unspecified atom stereocenters. The minimum atomic E-state index is 0. The van der Waals surface area contributed by atoms with Crippen molar-refractivity contribution in [2.75, 3.05) is 57.7 Å². The molecule has 2 aromatic rings. The molecule has 1 aromatic heterocycles. The molecule has 182 valence electrons. The zero-order valence-electron chi connectivity index (χ0n) is 20.3. The monoisotopic (exact) mass is 568 g/mol. The molecule has 2 N–H and O–H groups in total. The first-order valence-corrected chi connectivity index (χ1v) is 11.2. The molecule has 8 nitrogen and oxygen atoms in total. The van der Waals surface area contributed by atoms with Crippen molar-refractivity contribution in [1.29, 1.82) is 0 Å². The summed E-state index contributed by atoms with van der Waals surface area (Å²) in [7, 11) is 7.36. The van der Waals surface area contributed by atoms with Crippen LogP contribution in [0.1, 0.15) is 25.3 Å². The van der Waals surface area contributed by atoms with Gasteiger partial charge in [-0.2, -0.15) is 0 Å². The van der Waals surface area contributed by atoms with E-state index in [0.29, 0.717) is 12.6 Å². The maximum absolute atomic E-state index is 5.42. The highest BCUT2D eigenvalue weighted by Crippen LogP contribution is 2.30. The van der Waals surface area contributed by atoms with Crippen molar-refractivity contribution < 1.29 is 9.47 Å². The smallest absolute Gasteiger partial charge is 0.191 e. The first-order chi connectivity index (χ1) is 15.5. The van der Waals surface area contributed by atoms with E-state index >= 15 is 0 Å². The van der Waals surface area contributed by atoms with Gasteiger partial charge in [0.05, 0.1) is 20.8 Å². The Bertz CT molecular complexity index is 878. The maximum atomic E-state index is 5.42. The van der Waals surface area contributed by atoms with E-state index in [0.717, 1.165) is 67.0 Å². The van der Waals surface area contributed by atoms with E-state index < -0.39 is 0 Å². The van der Waals surface area contributed by atoms with Crippen LogP contribution in [0.3, 0.4) is 0 Å². The van der Waals surface area contributed by atoms with Gasteiger partial charge < -0.3 is 29.9 Å². The molecule has 1 aromatic carbocycles. The van der Waals surface area contributed by atoms with Crippen LogP contribution in [0.5, 0.6) is 11.5 Å². The van der Waals surface area contributed by atoms with Gasteiger partial charge in [0.25, 0.3) is 0 Å². The topological polar surface area (TPSA) is 74.3 Å². The van der Waals surface area contributed by atoms with Crippen molar-refractivity contribution in [2.24, 2.45) is 4.99 Å². The summed E-state index contributed by atoms with van der Waals surface area (Å²) in [4.78, 5) is 13.6. The number of nitrogens with zero attached hydrogens (tertiary/aromatic N) is 4. The standard InChI is InChI=1S/C24H36N6O2.HI/c1-6-25-24(27-17-18-7-10-26-23(13-18)29(2)3)28-19-8-11-30(12-9-19)20-14-21(31-4)16-22(15-20)32-5;/h7,10,13-16,19H,6,8-9,11-12,17H2,1-5H3,(H2,25,27,28);1H. The van der Waals surface area contributed by atoms with Crippen molar-refractivity contribution in [3.8, 4) is 11.5 Å². The summed E-state index contributed by atoms with van der Waals surface area (Å²) in [5.41, 5.74) is 2.28. The van der Waals surface area contributed by atoms with Crippen LogP contribution in [0.4, 0.5) is 11.5 Å². The molecule has 9 heteroatoms. The molecule has 0 amide bonds. The van der Waals surface area contributed by atoms with E-state index in [1.807, 2.05) is 37.3 Å². The van der Waals surface area contributed by atoms with Gasteiger partial charge in [-0.1, -0.05) is 0 Å². The van der Waals surface area contributed by atoms with Crippen LogP contribution in [0.2, 0.25) is 0 Å². The minimum absolute atomic E-state index is 0. The van der Waals surface area contributed by atoms with Gasteiger partial charge in [0.15, 0.2) is 5.96 Å². The Kier molecular flexibility index (Phi) is 10.8. The number of aliphatic imine (C=N–C) groups is 1. The van der Waals surface area contributed by atoms with Gasteiger partial charge in [-0.3, -0.25) is 0 Å². The number of benzene rings is 1. The SMILES string of the molecule is CCNC(=NCc1ccnc(N(C)C)c1)NC1CCN(c2cc(OC)cc(OC)c2)CC1.I. The summed E-state index contributed by atoms with van der Waals surface area (Å²) < 4.78 is 10.8. The Morgan fingerprint density at radius 1 is 1.12 bits per heavy atom. The molecule has 2 heterocycles. The fourth-order valence-corrected chi connectivity index (χ4v) is 3.74. The number of nitrogens with one attached hydrogen (secondary N) is 2. The highest BCUT2D eigenvalue weighted by atomic mass is 127. The van der Waals surface area contributed by atoms with Crippen LogP contribution in [-0.4, -0.2) is 64.9 Å². The van der Waals surface area contributed by atoms with Crippen LogP contribution in [0, 0.1) is 0 Å². The largest absolute Gasteiger partial charge is 0.497 e. The van der Waals surface area contributed by atoms with E-state index in [1.54, 1.807) is 14.2 Å². The van der Waals surface area contributed by atoms with Crippen molar-refractivity contribution in [2.45, 2.75) is 32.4 Å². The number of hydrogen-bond acceptors (Lipinski definition) is 6. The molecular weight excluding hydrogens is 531 g/mol. The van der Waals surface area contributed by atoms with Gasteiger partial charge >= 0.3 is 0 Å². The quantitative estimate of drug-likeness (QED) is 0.287. The summed E-state index contributed by atoms with van der Waals surface area (Å²) in [5.74, 6) is 3.43. The second kappa shape index (κ2) is 13.3. The van der Waals surface area contributed by atoms with E-state index in [1.165, 1.54) is 0 Å². The lowest BCUT2D eigenvalue weighted by Gasteiger charge is -2.34. The molecule has 1 saturated heterocycles. The Morgan fingerprint density at radius 2 is 1.79 bits per heavy atom. The molecular formula is C24H37IN6O2. The van der Waals surface area contributed by atoms with Gasteiger partial charge in [0.1, 0.15) is 17.3 Å². The van der Waals surface area contributed by atoms with Gasteiger partial charge in [0.2, 0.25) is 0 Å². The molecule has 0 spiro atoms. The van der Waals surface area contributed by atoms with E-state index in [-0.39, 0.29) is 24.0 Å². The fraction of sp³-hybridized carbons (Fsp3) is 0.500. The first kappa shape index (κ1) is 26.8. The van der Waals surface area contributed by atoms with Crippen LogP contribution < -0.4 is 29.9 Å². The molecule has 33 heavy (non-hydrogen) atoms. The maximum Gasteiger partial charge on any atom is 0.191 e. The lowest BCUT2D eigenvalue weighted by Crippen LogP contribution is -2.48. The summed E-state index contributed by atoms with van der Waals surface area (Å²) in [6.07, 6.45) is 3.90. The lowest BCUT2D eigenvalue weighted by atomic mass is 10.0. The molecule has 1 fully saturated rings. The van der Waals surface area contributed by atoms with Gasteiger partial charge in [-0.25, -0.2) is 9.98 Å². The summed E-state index contributed by atoms with van der Waals surface area (Å²) in [6.45, 7) is 5.45. The second-order valence-electron chi connectivity index (χ2n) is 8.09. The van der Waals surface area contributed by atoms with Crippen molar-refractivity contribution in [3.63, 3.8) is 0 Å². The Labute approximate surface area is 214 Å². The average molecular weight is 569 g/mol. The van der Waals surface area contributed by atoms with Crippen molar-refractivity contribution in [1.82, 2.24) is 15.6 Å². The number of halogens is 1. The molecule has 0 bridgehead atoms. The molecule has 1 aliphatic heterocycles. The summed E-state index contributed by atoms with van der Waals surface area (Å²) >= 11 is 0. The fourth-order valence-electron chi connectivity index (χ4n) is 3.74. The van der Waals surface area contributed by atoms with E-state index in [9.17, 15) is 0 Å². The summed E-state index contributed by atoms with van der Waals surface area (Å²) in [5, 5.41) is 7.00. The van der Waals surface area contributed by atoms with Crippen molar-refractivity contribution >= 4 is 41.4 Å². The first-order valence-electron chi connectivity index (χ1n) is 11.2. The third-order valence-electron chi connectivity index (χ3n) is 5.57. The molecule has 3 rings (SSSR count). The van der Waals surface area contributed by atoms with Crippen LogP contribution in [-0.2, 0) is 6.54 Å². The molecule has 0 aliphatic carbocycles. The zero-order valence-corrected chi connectivity index (χ0v) is 22.6.